The quantitative estimate of drug-likeness (QED) is 0.377. The van der Waals surface area contributed by atoms with Gasteiger partial charge >= 0.3 is 0 Å². The molecule has 0 aliphatic carbocycles. The number of benzene rings is 3. The highest BCUT2D eigenvalue weighted by Crippen LogP contribution is 2.24. The molecule has 1 amide bonds. The summed E-state index contributed by atoms with van der Waals surface area (Å²) in [7, 11) is 0. The van der Waals surface area contributed by atoms with E-state index in [1.165, 1.54) is 0 Å². The van der Waals surface area contributed by atoms with Crippen molar-refractivity contribution >= 4 is 57.3 Å². The first-order valence-corrected chi connectivity index (χ1v) is 10.3. The highest BCUT2D eigenvalue weighted by atomic mass is 35.5. The monoisotopic (exact) mass is 432 g/mol. The predicted octanol–water partition coefficient (Wildman–Crippen LogP) is 5.32. The molecule has 2 N–H and O–H groups in total. The molecule has 0 saturated heterocycles. The smallest absolute Gasteiger partial charge is 0.251 e. The third-order valence-electron chi connectivity index (χ3n) is 5.14. The highest BCUT2D eigenvalue weighted by Gasteiger charge is 2.12. The van der Waals surface area contributed by atoms with Crippen molar-refractivity contribution in [1.29, 1.82) is 0 Å². The third-order valence-corrected chi connectivity index (χ3v) is 5.68. The van der Waals surface area contributed by atoms with Gasteiger partial charge in [-0.05, 0) is 66.7 Å². The van der Waals surface area contributed by atoms with Gasteiger partial charge in [0.05, 0.1) is 16.6 Å². The number of para-hydroxylation sites is 2. The zero-order valence-corrected chi connectivity index (χ0v) is 17.4. The van der Waals surface area contributed by atoms with Gasteiger partial charge in [0.25, 0.3) is 5.91 Å². The topological polar surface area (TPSA) is 62.2 Å². The van der Waals surface area contributed by atoms with Gasteiger partial charge in [-0.3, -0.25) is 9.20 Å². The molecule has 5 nitrogen and oxygen atoms in total. The summed E-state index contributed by atoms with van der Waals surface area (Å²) in [5.41, 5.74) is 5.10. The van der Waals surface area contributed by atoms with Gasteiger partial charge in [-0.2, -0.15) is 0 Å². The summed E-state index contributed by atoms with van der Waals surface area (Å²) < 4.78 is 2.48. The molecule has 0 spiro atoms. The van der Waals surface area contributed by atoms with E-state index in [2.05, 4.69) is 10.3 Å². The first-order valence-electron chi connectivity index (χ1n) is 9.56. The average molecular weight is 433 g/mol. The molecule has 0 atom stereocenters. The molecule has 0 fully saturated rings. The van der Waals surface area contributed by atoms with Crippen molar-refractivity contribution < 1.29 is 4.79 Å². The van der Waals surface area contributed by atoms with Crippen molar-refractivity contribution in [2.24, 2.45) is 0 Å². The minimum absolute atomic E-state index is 0.126. The van der Waals surface area contributed by atoms with Crippen LogP contribution in [0.25, 0.3) is 27.6 Å². The standard InChI is InChI=1S/C23H17ClN4OS/c24-16-8-5-14(6-9-16)11-12-25-22(29)15-7-10-17-19(13-15)27-23(30)28-20-4-2-1-3-18(20)26-21(17)28/h1-10,13H,11-12H2,(H,25,29)(H,27,30). The number of rotatable bonds is 4. The molecular formula is C23H17ClN4OS. The van der Waals surface area contributed by atoms with Crippen molar-refractivity contribution in [2.75, 3.05) is 6.54 Å². The molecule has 0 bridgehead atoms. The summed E-state index contributed by atoms with van der Waals surface area (Å²) in [6.45, 7) is 0.541. The van der Waals surface area contributed by atoms with Gasteiger partial charge in [-0.25, -0.2) is 4.98 Å². The van der Waals surface area contributed by atoms with Crippen LogP contribution in [0.15, 0.2) is 66.7 Å². The second kappa shape index (κ2) is 7.55. The maximum Gasteiger partial charge on any atom is 0.251 e. The molecule has 5 aromatic rings. The lowest BCUT2D eigenvalue weighted by molar-refractivity contribution is 0.0954. The third kappa shape index (κ3) is 3.34. The van der Waals surface area contributed by atoms with Gasteiger partial charge in [-0.1, -0.05) is 35.9 Å². The SMILES string of the molecule is O=C(NCCc1ccc(Cl)cc1)c1ccc2c(c1)[nH]c(=S)n1c3ccccc3nc21. The summed E-state index contributed by atoms with van der Waals surface area (Å²) >= 11 is 11.5. The molecule has 0 unspecified atom stereocenters. The fourth-order valence-corrected chi connectivity index (χ4v) is 4.06. The van der Waals surface area contributed by atoms with Gasteiger partial charge in [-0.15, -0.1) is 0 Å². The van der Waals surface area contributed by atoms with Crippen LogP contribution in [0.5, 0.6) is 0 Å². The number of hydrogen-bond acceptors (Lipinski definition) is 3. The molecule has 3 aromatic carbocycles. The van der Waals surface area contributed by atoms with E-state index >= 15 is 0 Å². The molecule has 7 heteroatoms. The van der Waals surface area contributed by atoms with Crippen LogP contribution in [-0.2, 0) is 6.42 Å². The summed E-state index contributed by atoms with van der Waals surface area (Å²) in [6.07, 6.45) is 0.736. The Kier molecular flexibility index (Phi) is 4.73. The lowest BCUT2D eigenvalue weighted by Crippen LogP contribution is -2.25. The number of aromatic amines is 1. The molecule has 30 heavy (non-hydrogen) atoms. The fourth-order valence-electron chi connectivity index (χ4n) is 3.64. The van der Waals surface area contributed by atoms with Crippen molar-refractivity contribution in [1.82, 2.24) is 19.7 Å². The first-order chi connectivity index (χ1) is 14.6. The van der Waals surface area contributed by atoms with Gasteiger partial charge in [0.15, 0.2) is 4.77 Å². The number of carbonyl (C=O) groups excluding carboxylic acids is 1. The Morgan fingerprint density at radius 2 is 1.90 bits per heavy atom. The normalized spacial score (nSPS) is 11.4. The minimum Gasteiger partial charge on any atom is -0.352 e. The Morgan fingerprint density at radius 3 is 2.73 bits per heavy atom. The summed E-state index contributed by atoms with van der Waals surface area (Å²) in [4.78, 5) is 20.6. The van der Waals surface area contributed by atoms with Crippen LogP contribution in [-0.4, -0.2) is 26.8 Å². The highest BCUT2D eigenvalue weighted by molar-refractivity contribution is 7.71. The van der Waals surface area contributed by atoms with E-state index in [1.807, 2.05) is 71.1 Å². The van der Waals surface area contributed by atoms with Crippen LogP contribution in [0.1, 0.15) is 15.9 Å². The molecule has 148 valence electrons. The predicted molar refractivity (Wildman–Crippen MR) is 123 cm³/mol. The molecule has 2 heterocycles. The number of aromatic nitrogens is 3. The number of nitrogens with zero attached hydrogens (tertiary/aromatic N) is 2. The van der Waals surface area contributed by atoms with Crippen molar-refractivity contribution in [3.8, 4) is 0 Å². The summed E-state index contributed by atoms with van der Waals surface area (Å²) in [5.74, 6) is -0.126. The maximum atomic E-state index is 12.6. The van der Waals surface area contributed by atoms with E-state index in [-0.39, 0.29) is 5.91 Å². The van der Waals surface area contributed by atoms with Crippen LogP contribution < -0.4 is 5.32 Å². The molecule has 0 saturated carbocycles. The lowest BCUT2D eigenvalue weighted by atomic mass is 10.1. The van der Waals surface area contributed by atoms with Gasteiger partial charge < -0.3 is 10.3 Å². The molecule has 0 aliphatic rings. The van der Waals surface area contributed by atoms with E-state index in [1.54, 1.807) is 0 Å². The average Bonchev–Trinajstić information content (AvgIpc) is 3.15. The van der Waals surface area contributed by atoms with Crippen LogP contribution >= 0.6 is 23.8 Å². The number of imidazole rings is 1. The van der Waals surface area contributed by atoms with Crippen LogP contribution in [0, 0.1) is 4.77 Å². The van der Waals surface area contributed by atoms with Gasteiger partial charge in [0.2, 0.25) is 0 Å². The van der Waals surface area contributed by atoms with E-state index in [0.717, 1.165) is 39.6 Å². The molecule has 2 aromatic heterocycles. The number of carbonyl (C=O) groups is 1. The Bertz CT molecular complexity index is 1470. The number of nitrogens with one attached hydrogen (secondary N) is 2. The second-order valence-electron chi connectivity index (χ2n) is 7.08. The first kappa shape index (κ1) is 18.8. The number of hydrogen-bond donors (Lipinski definition) is 2. The second-order valence-corrected chi connectivity index (χ2v) is 7.91. The number of fused-ring (bicyclic) bond motifs is 5. The fraction of sp³-hybridized carbons (Fsp3) is 0.0870. The maximum absolute atomic E-state index is 12.6. The molecule has 5 rings (SSSR count). The van der Waals surface area contributed by atoms with Gasteiger partial charge in [0, 0.05) is 22.5 Å². The summed E-state index contributed by atoms with van der Waals surface area (Å²) in [6, 6.07) is 21.1. The van der Waals surface area contributed by atoms with E-state index in [0.29, 0.717) is 21.9 Å². The number of H-pyrrole nitrogens is 1. The van der Waals surface area contributed by atoms with E-state index in [9.17, 15) is 4.79 Å². The van der Waals surface area contributed by atoms with Crippen LogP contribution in [0.4, 0.5) is 0 Å². The van der Waals surface area contributed by atoms with Crippen molar-refractivity contribution in [2.45, 2.75) is 6.42 Å². The summed E-state index contributed by atoms with van der Waals surface area (Å²) in [5, 5.41) is 4.59. The van der Waals surface area contributed by atoms with E-state index < -0.39 is 0 Å². The Balaban J connectivity index is 1.43. The zero-order chi connectivity index (χ0) is 20.7. The van der Waals surface area contributed by atoms with Crippen molar-refractivity contribution in [3.05, 3.63) is 87.7 Å². The Morgan fingerprint density at radius 1 is 1.10 bits per heavy atom. The lowest BCUT2D eigenvalue weighted by Gasteiger charge is -2.08. The number of halogens is 1. The van der Waals surface area contributed by atoms with E-state index in [4.69, 9.17) is 28.8 Å². The minimum atomic E-state index is -0.126. The zero-order valence-electron chi connectivity index (χ0n) is 15.9. The molecular weight excluding hydrogens is 416 g/mol. The Hall–Kier alpha value is -3.22. The van der Waals surface area contributed by atoms with Crippen molar-refractivity contribution in [3.63, 3.8) is 0 Å². The molecule has 0 aliphatic heterocycles. The Labute approximate surface area is 182 Å². The molecule has 0 radical (unpaired) electrons. The van der Waals surface area contributed by atoms with Gasteiger partial charge in [0.1, 0.15) is 5.65 Å². The largest absolute Gasteiger partial charge is 0.352 e. The van der Waals surface area contributed by atoms with Crippen LogP contribution in [0.2, 0.25) is 5.02 Å². The van der Waals surface area contributed by atoms with Crippen LogP contribution in [0.3, 0.4) is 0 Å². The number of amides is 1.